The molecule has 13 nitrogen and oxygen atoms in total. The van der Waals surface area contributed by atoms with Crippen LogP contribution in [0, 0.1) is 0 Å². The largest absolute Gasteiger partial charge is 0.472 e. The number of allylic oxidation sites excluding steroid dienone is 2. The summed E-state index contributed by atoms with van der Waals surface area (Å²) in [5.41, 5.74) is 0. The molecule has 6 atom stereocenters. The van der Waals surface area contributed by atoms with Crippen molar-refractivity contribution in [2.45, 2.75) is 231 Å². The number of phosphoric acid groups is 1. The Hall–Kier alpha value is -1.70. The second kappa shape index (κ2) is 38.2. The third-order valence-electron chi connectivity index (χ3n) is 10.2. The van der Waals surface area contributed by atoms with Gasteiger partial charge in [0.05, 0.1) is 13.2 Å². The maximum absolute atomic E-state index is 12.7. The maximum atomic E-state index is 12.7. The van der Waals surface area contributed by atoms with Crippen molar-refractivity contribution < 1.29 is 62.8 Å². The molecule has 0 saturated heterocycles. The molecule has 0 saturated carbocycles. The number of hydrogen-bond acceptors (Lipinski definition) is 12. The molecule has 0 aliphatic rings. The monoisotopic (exact) mass is 851 g/mol. The van der Waals surface area contributed by atoms with Crippen LogP contribution in [0.15, 0.2) is 12.2 Å². The van der Waals surface area contributed by atoms with E-state index in [0.29, 0.717) is 12.8 Å². The molecule has 0 spiro atoms. The first kappa shape index (κ1) is 56.3. The molecular formula is C44H83O13P. The van der Waals surface area contributed by atoms with Gasteiger partial charge in [-0.3, -0.25) is 23.4 Å². The molecule has 6 unspecified atom stereocenters. The Morgan fingerprint density at radius 3 is 1.38 bits per heavy atom. The molecule has 0 bridgehead atoms. The molecule has 0 radical (unpaired) electrons. The minimum absolute atomic E-state index is 0.105. The van der Waals surface area contributed by atoms with E-state index in [0.717, 1.165) is 64.7 Å². The summed E-state index contributed by atoms with van der Waals surface area (Å²) in [5.74, 6) is -1.93. The Bertz CT molecular complexity index is 1090. The van der Waals surface area contributed by atoms with Crippen LogP contribution in [0.1, 0.15) is 201 Å². The zero-order valence-electron chi connectivity index (χ0n) is 36.4. The number of rotatable bonds is 42. The van der Waals surface area contributed by atoms with Crippen molar-refractivity contribution in [3.05, 3.63) is 12.2 Å². The molecule has 0 aliphatic heterocycles. The number of ketones is 1. The van der Waals surface area contributed by atoms with Crippen molar-refractivity contribution in [1.29, 1.82) is 0 Å². The number of unbranched alkanes of at least 4 members (excludes halogenated alkanes) is 23. The number of ether oxygens (including phenoxy) is 2. The standard InChI is InChI=1S/C44H83O13P/c1-4-6-8-10-12-14-16-18-19-21-23-25-27-29-31-33-41(48)57-38(35-55-58(52,53)56-36-39(46)43(50)44(51)42(49)37(3)45)34-54-40(47)32-30-28-26-24-22-20-17-15-13-11-9-7-5-2/h18-19,38-39,42-44,46,49-51H,4-17,20-36H2,1-3H3,(H,52,53)/b19-18-. The molecular weight excluding hydrogens is 767 g/mol. The normalized spacial score (nSPS) is 15.4. The number of carbonyl (C=O) groups excluding carboxylic acids is 3. The van der Waals surface area contributed by atoms with Gasteiger partial charge in [-0.2, -0.15) is 0 Å². The fourth-order valence-electron chi connectivity index (χ4n) is 6.38. The molecule has 0 rings (SSSR count). The Morgan fingerprint density at radius 1 is 0.534 bits per heavy atom. The zero-order valence-corrected chi connectivity index (χ0v) is 37.3. The molecule has 0 heterocycles. The molecule has 14 heteroatoms. The summed E-state index contributed by atoms with van der Waals surface area (Å²) in [4.78, 5) is 46.7. The molecule has 58 heavy (non-hydrogen) atoms. The van der Waals surface area contributed by atoms with Gasteiger partial charge in [0.15, 0.2) is 11.9 Å². The van der Waals surface area contributed by atoms with Crippen LogP contribution < -0.4 is 0 Å². The van der Waals surface area contributed by atoms with Crippen molar-refractivity contribution in [3.63, 3.8) is 0 Å². The van der Waals surface area contributed by atoms with Crippen LogP contribution in [0.2, 0.25) is 0 Å². The van der Waals surface area contributed by atoms with Crippen molar-refractivity contribution in [2.75, 3.05) is 19.8 Å². The smallest absolute Gasteiger partial charge is 0.462 e. The molecule has 5 N–H and O–H groups in total. The van der Waals surface area contributed by atoms with E-state index >= 15 is 0 Å². The Balaban J connectivity index is 4.71. The first-order chi connectivity index (χ1) is 27.8. The summed E-state index contributed by atoms with van der Waals surface area (Å²) in [6, 6.07) is 0. The molecule has 0 amide bonds. The van der Waals surface area contributed by atoms with Crippen molar-refractivity contribution in [2.24, 2.45) is 0 Å². The van der Waals surface area contributed by atoms with Crippen LogP contribution in [0.25, 0.3) is 0 Å². The lowest BCUT2D eigenvalue weighted by molar-refractivity contribution is -0.161. The second-order valence-corrected chi connectivity index (χ2v) is 17.2. The van der Waals surface area contributed by atoms with Gasteiger partial charge in [0.1, 0.15) is 31.0 Å². The summed E-state index contributed by atoms with van der Waals surface area (Å²) < 4.78 is 33.1. The summed E-state index contributed by atoms with van der Waals surface area (Å²) in [6.07, 6.45) is 25.2. The van der Waals surface area contributed by atoms with Crippen LogP contribution in [0.4, 0.5) is 0 Å². The summed E-state index contributed by atoms with van der Waals surface area (Å²) in [7, 11) is -4.92. The van der Waals surface area contributed by atoms with Crippen molar-refractivity contribution in [1.82, 2.24) is 0 Å². The van der Waals surface area contributed by atoms with Crippen molar-refractivity contribution >= 4 is 25.5 Å². The fraction of sp³-hybridized carbons (Fsp3) is 0.886. The molecule has 0 fully saturated rings. The van der Waals surface area contributed by atoms with Gasteiger partial charge in [0.25, 0.3) is 0 Å². The van der Waals surface area contributed by atoms with Gasteiger partial charge < -0.3 is 34.8 Å². The summed E-state index contributed by atoms with van der Waals surface area (Å²) >= 11 is 0. The Kier molecular flexibility index (Phi) is 37.1. The number of aliphatic hydroxyl groups excluding tert-OH is 4. The average molecular weight is 851 g/mol. The minimum atomic E-state index is -4.92. The van der Waals surface area contributed by atoms with Gasteiger partial charge in [-0.15, -0.1) is 0 Å². The van der Waals surface area contributed by atoms with E-state index in [1.165, 1.54) is 96.3 Å². The van der Waals surface area contributed by atoms with E-state index in [2.05, 4.69) is 26.0 Å². The Labute approximate surface area is 350 Å². The first-order valence-electron chi connectivity index (χ1n) is 22.7. The topological polar surface area (TPSA) is 206 Å². The lowest BCUT2D eigenvalue weighted by atomic mass is 10.0. The van der Waals surface area contributed by atoms with E-state index in [9.17, 15) is 44.3 Å². The highest BCUT2D eigenvalue weighted by molar-refractivity contribution is 7.47. The van der Waals surface area contributed by atoms with Crippen LogP contribution in [0.3, 0.4) is 0 Å². The van der Waals surface area contributed by atoms with Gasteiger partial charge >= 0.3 is 19.8 Å². The SMILES string of the molecule is CCCCCCCC/C=C\CCCCCCCC(=O)OC(COC(=O)CCCCCCCCCCCCCCC)COP(=O)(O)OCC(O)C(O)C(O)C(O)C(C)=O. The molecule has 0 aromatic heterocycles. The van der Waals surface area contributed by atoms with Gasteiger partial charge in [0, 0.05) is 12.8 Å². The highest BCUT2D eigenvalue weighted by Gasteiger charge is 2.35. The summed E-state index contributed by atoms with van der Waals surface area (Å²) in [5, 5.41) is 39.6. The fourth-order valence-corrected chi connectivity index (χ4v) is 7.16. The second-order valence-electron chi connectivity index (χ2n) is 15.8. The molecule has 0 aromatic carbocycles. The molecule has 0 aromatic rings. The average Bonchev–Trinajstić information content (AvgIpc) is 3.20. The van der Waals surface area contributed by atoms with E-state index in [4.69, 9.17) is 18.5 Å². The number of carbonyl (C=O) groups is 3. The maximum Gasteiger partial charge on any atom is 0.472 e. The molecule has 342 valence electrons. The third-order valence-corrected chi connectivity index (χ3v) is 11.1. The third kappa shape index (κ3) is 34.1. The first-order valence-corrected chi connectivity index (χ1v) is 24.2. The van der Waals surface area contributed by atoms with Gasteiger partial charge in [-0.05, 0) is 45.4 Å². The lowest BCUT2D eigenvalue weighted by Gasteiger charge is -2.26. The van der Waals surface area contributed by atoms with E-state index < -0.39 is 75.9 Å². The highest BCUT2D eigenvalue weighted by Crippen LogP contribution is 2.43. The van der Waals surface area contributed by atoms with E-state index in [1.807, 2.05) is 0 Å². The van der Waals surface area contributed by atoms with Crippen LogP contribution in [-0.2, 0) is 37.5 Å². The predicted molar refractivity (Wildman–Crippen MR) is 227 cm³/mol. The van der Waals surface area contributed by atoms with Crippen LogP contribution in [0.5, 0.6) is 0 Å². The number of Topliss-reactive ketones (excluding diaryl/α,β-unsaturated/α-hetero) is 1. The number of aliphatic hydroxyl groups is 4. The van der Waals surface area contributed by atoms with Gasteiger partial charge in [-0.1, -0.05) is 154 Å². The molecule has 0 aliphatic carbocycles. The van der Waals surface area contributed by atoms with Crippen LogP contribution in [-0.4, -0.2) is 93.4 Å². The summed E-state index contributed by atoms with van der Waals surface area (Å²) in [6.45, 7) is 3.33. The minimum Gasteiger partial charge on any atom is -0.462 e. The van der Waals surface area contributed by atoms with Gasteiger partial charge in [0.2, 0.25) is 0 Å². The number of phosphoric ester groups is 1. The quantitative estimate of drug-likeness (QED) is 0.0168. The van der Waals surface area contributed by atoms with Crippen molar-refractivity contribution in [3.8, 4) is 0 Å². The lowest BCUT2D eigenvalue weighted by Crippen LogP contribution is -2.48. The van der Waals surface area contributed by atoms with E-state index in [1.54, 1.807) is 0 Å². The highest BCUT2D eigenvalue weighted by atomic mass is 31.2. The predicted octanol–water partition coefficient (Wildman–Crippen LogP) is 9.13. The van der Waals surface area contributed by atoms with Gasteiger partial charge in [-0.25, -0.2) is 4.57 Å². The van der Waals surface area contributed by atoms with Crippen LogP contribution >= 0.6 is 7.82 Å². The zero-order chi connectivity index (χ0) is 43.3. The van der Waals surface area contributed by atoms with E-state index in [-0.39, 0.29) is 12.8 Å². The number of hydrogen-bond donors (Lipinski definition) is 5. The number of esters is 2. The Morgan fingerprint density at radius 2 is 0.931 bits per heavy atom.